The Morgan fingerprint density at radius 3 is 2.68 bits per heavy atom. The van der Waals surface area contributed by atoms with Crippen LogP contribution >= 0.6 is 11.8 Å². The topological polar surface area (TPSA) is 103 Å². The lowest BCUT2D eigenvalue weighted by Crippen LogP contribution is -2.15. The first-order chi connectivity index (χ1) is 11.9. The third-order valence-electron chi connectivity index (χ3n) is 3.24. The van der Waals surface area contributed by atoms with Crippen molar-refractivity contribution in [3.63, 3.8) is 0 Å². The Hall–Kier alpha value is -2.49. The van der Waals surface area contributed by atoms with Crippen LogP contribution in [0.1, 0.15) is 19.2 Å². The maximum Gasteiger partial charge on any atom is 0.234 e. The minimum absolute atomic E-state index is 0.0208. The number of primary amides is 1. The van der Waals surface area contributed by atoms with E-state index in [4.69, 9.17) is 5.73 Å². The molecule has 25 heavy (non-hydrogen) atoms. The molecule has 2 rings (SSSR count). The number of nitrogens with two attached hydrogens (primary N) is 1. The molecule has 0 aliphatic rings. The smallest absolute Gasteiger partial charge is 0.234 e. The summed E-state index contributed by atoms with van der Waals surface area (Å²) in [5.74, 6) is -2.19. The fourth-order valence-corrected chi connectivity index (χ4v) is 2.89. The Kier molecular flexibility index (Phi) is 6.45. The molecule has 0 aliphatic carbocycles. The predicted octanol–water partition coefficient (Wildman–Crippen LogP) is 1.72. The minimum atomic E-state index is -1.03. The molecule has 2 aromatic rings. The zero-order chi connectivity index (χ0) is 18.4. The van der Waals surface area contributed by atoms with E-state index in [1.807, 2.05) is 6.92 Å². The van der Waals surface area contributed by atoms with E-state index in [2.05, 4.69) is 15.5 Å². The summed E-state index contributed by atoms with van der Waals surface area (Å²) < 4.78 is 27.8. The van der Waals surface area contributed by atoms with Crippen molar-refractivity contribution in [3.8, 4) is 0 Å². The molecule has 3 N–H and O–H groups in total. The van der Waals surface area contributed by atoms with Crippen LogP contribution in [-0.4, -0.2) is 32.3 Å². The lowest BCUT2D eigenvalue weighted by molar-refractivity contribution is -0.118. The minimum Gasteiger partial charge on any atom is -0.370 e. The largest absolute Gasteiger partial charge is 0.370 e. The maximum absolute atomic E-state index is 13.1. The summed E-state index contributed by atoms with van der Waals surface area (Å²) in [6.45, 7) is 2.47. The Morgan fingerprint density at radius 1 is 1.28 bits per heavy atom. The average molecular weight is 369 g/mol. The second-order valence-electron chi connectivity index (χ2n) is 5.08. The van der Waals surface area contributed by atoms with Crippen LogP contribution in [0.5, 0.6) is 0 Å². The number of hydrogen-bond donors (Lipinski definition) is 2. The number of benzene rings is 1. The quantitative estimate of drug-likeness (QED) is 0.690. The highest BCUT2D eigenvalue weighted by Gasteiger charge is 2.14. The first-order valence-corrected chi connectivity index (χ1v) is 8.47. The van der Waals surface area contributed by atoms with E-state index < -0.39 is 17.5 Å². The first kappa shape index (κ1) is 18.8. The highest BCUT2D eigenvalue weighted by Crippen LogP contribution is 2.19. The van der Waals surface area contributed by atoms with Gasteiger partial charge < -0.3 is 15.6 Å². The van der Waals surface area contributed by atoms with E-state index in [9.17, 15) is 18.4 Å². The number of rotatable bonds is 8. The van der Waals surface area contributed by atoms with Crippen molar-refractivity contribution in [2.24, 2.45) is 5.73 Å². The summed E-state index contributed by atoms with van der Waals surface area (Å²) in [4.78, 5) is 22.8. The number of anilines is 1. The van der Waals surface area contributed by atoms with Crippen LogP contribution in [0.25, 0.3) is 0 Å². The van der Waals surface area contributed by atoms with E-state index in [1.165, 1.54) is 6.07 Å². The van der Waals surface area contributed by atoms with Gasteiger partial charge in [0.2, 0.25) is 11.8 Å². The fourth-order valence-electron chi connectivity index (χ4n) is 2.06. The van der Waals surface area contributed by atoms with Gasteiger partial charge in [0.25, 0.3) is 0 Å². The van der Waals surface area contributed by atoms with Crippen LogP contribution in [0.15, 0.2) is 23.4 Å². The second-order valence-corrected chi connectivity index (χ2v) is 6.02. The molecule has 0 saturated heterocycles. The molecule has 1 aromatic carbocycles. The van der Waals surface area contributed by atoms with Crippen LogP contribution in [0.2, 0.25) is 0 Å². The van der Waals surface area contributed by atoms with Gasteiger partial charge in [-0.1, -0.05) is 11.8 Å². The van der Waals surface area contributed by atoms with E-state index in [0.29, 0.717) is 23.9 Å². The van der Waals surface area contributed by atoms with Gasteiger partial charge in [-0.2, -0.15) is 0 Å². The number of halogens is 2. The molecule has 1 heterocycles. The first-order valence-electron chi connectivity index (χ1n) is 7.48. The summed E-state index contributed by atoms with van der Waals surface area (Å²) in [6, 6.07) is 3.13. The van der Waals surface area contributed by atoms with Crippen molar-refractivity contribution >= 4 is 29.3 Å². The van der Waals surface area contributed by atoms with Crippen LogP contribution in [0.4, 0.5) is 14.5 Å². The number of carbonyl (C=O) groups is 2. The SMILES string of the molecule is CCn1c(CCC(N)=O)nnc1SCC(=O)Nc1ccc(F)c(F)c1. The van der Waals surface area contributed by atoms with Crippen LogP contribution < -0.4 is 11.1 Å². The van der Waals surface area contributed by atoms with Crippen molar-refractivity contribution in [2.75, 3.05) is 11.1 Å². The third-order valence-corrected chi connectivity index (χ3v) is 4.21. The number of thioether (sulfide) groups is 1. The molecule has 2 amide bonds. The van der Waals surface area contributed by atoms with Crippen molar-refractivity contribution < 1.29 is 18.4 Å². The summed E-state index contributed by atoms with van der Waals surface area (Å²) in [5, 5.41) is 11.0. The highest BCUT2D eigenvalue weighted by atomic mass is 32.2. The van der Waals surface area contributed by atoms with Gasteiger partial charge in [0.15, 0.2) is 16.8 Å². The molecule has 0 atom stereocenters. The summed E-state index contributed by atoms with van der Waals surface area (Å²) >= 11 is 1.15. The molecule has 0 fully saturated rings. The van der Waals surface area contributed by atoms with Crippen molar-refractivity contribution in [1.29, 1.82) is 0 Å². The molecule has 0 saturated carbocycles. The Morgan fingerprint density at radius 2 is 2.04 bits per heavy atom. The van der Waals surface area contributed by atoms with E-state index in [0.717, 1.165) is 23.9 Å². The van der Waals surface area contributed by atoms with Gasteiger partial charge >= 0.3 is 0 Å². The van der Waals surface area contributed by atoms with Gasteiger partial charge in [0.1, 0.15) is 5.82 Å². The van der Waals surface area contributed by atoms with Gasteiger partial charge in [0.05, 0.1) is 5.75 Å². The molecule has 0 radical (unpaired) electrons. The highest BCUT2D eigenvalue weighted by molar-refractivity contribution is 7.99. The molecule has 0 unspecified atom stereocenters. The molecule has 0 bridgehead atoms. The standard InChI is InChI=1S/C15H17F2N5O2S/c1-2-22-13(6-5-12(18)23)20-21-15(22)25-8-14(24)19-9-3-4-10(16)11(17)7-9/h3-4,7H,2,5-6,8H2,1H3,(H2,18,23)(H,19,24). The molecular weight excluding hydrogens is 352 g/mol. The van der Waals surface area contributed by atoms with Gasteiger partial charge in [-0.3, -0.25) is 9.59 Å². The van der Waals surface area contributed by atoms with E-state index in [-0.39, 0.29) is 23.8 Å². The lowest BCUT2D eigenvalue weighted by atomic mass is 10.3. The Labute approximate surface area is 147 Å². The fraction of sp³-hybridized carbons (Fsp3) is 0.333. The number of aryl methyl sites for hydroxylation is 1. The van der Waals surface area contributed by atoms with Crippen molar-refractivity contribution in [2.45, 2.75) is 31.5 Å². The lowest BCUT2D eigenvalue weighted by Gasteiger charge is -2.07. The average Bonchev–Trinajstić information content (AvgIpc) is 2.96. The third kappa shape index (κ3) is 5.24. The van der Waals surface area contributed by atoms with Crippen LogP contribution in [0.3, 0.4) is 0 Å². The molecule has 1 aromatic heterocycles. The Bertz CT molecular complexity index is 781. The van der Waals surface area contributed by atoms with Crippen LogP contribution in [-0.2, 0) is 22.6 Å². The maximum atomic E-state index is 13.1. The zero-order valence-electron chi connectivity index (χ0n) is 13.5. The number of amides is 2. The van der Waals surface area contributed by atoms with Crippen molar-refractivity contribution in [1.82, 2.24) is 14.8 Å². The monoisotopic (exact) mass is 369 g/mol. The van der Waals surface area contributed by atoms with Crippen molar-refractivity contribution in [3.05, 3.63) is 35.7 Å². The summed E-state index contributed by atoms with van der Waals surface area (Å²) in [5.41, 5.74) is 5.30. The summed E-state index contributed by atoms with van der Waals surface area (Å²) in [6.07, 6.45) is 0.539. The van der Waals surface area contributed by atoms with Gasteiger partial charge in [-0.25, -0.2) is 8.78 Å². The molecule has 0 aliphatic heterocycles. The second kappa shape index (κ2) is 8.56. The molecule has 134 valence electrons. The zero-order valence-corrected chi connectivity index (χ0v) is 14.3. The number of aromatic nitrogens is 3. The van der Waals surface area contributed by atoms with Crippen LogP contribution in [0, 0.1) is 11.6 Å². The number of nitrogens with zero attached hydrogens (tertiary/aromatic N) is 3. The van der Waals surface area contributed by atoms with E-state index in [1.54, 1.807) is 4.57 Å². The van der Waals surface area contributed by atoms with E-state index >= 15 is 0 Å². The Balaban J connectivity index is 1.94. The number of carbonyl (C=O) groups excluding carboxylic acids is 2. The molecule has 0 spiro atoms. The predicted molar refractivity (Wildman–Crippen MR) is 88.9 cm³/mol. The molecular formula is C15H17F2N5O2S. The summed E-state index contributed by atoms with van der Waals surface area (Å²) in [7, 11) is 0. The number of nitrogens with one attached hydrogen (secondary N) is 1. The molecule has 7 nitrogen and oxygen atoms in total. The van der Waals surface area contributed by atoms with Gasteiger partial charge in [-0.15, -0.1) is 10.2 Å². The number of hydrogen-bond acceptors (Lipinski definition) is 5. The van der Waals surface area contributed by atoms with Gasteiger partial charge in [-0.05, 0) is 19.1 Å². The normalized spacial score (nSPS) is 10.7. The molecule has 10 heteroatoms. The van der Waals surface area contributed by atoms with Gasteiger partial charge in [0, 0.05) is 31.1 Å².